The molecule has 4 rings (SSSR count). The van der Waals surface area contributed by atoms with Crippen LogP contribution in [0.15, 0.2) is 60.2 Å². The first-order valence-corrected chi connectivity index (χ1v) is 8.71. The maximum absolute atomic E-state index is 12.1. The lowest BCUT2D eigenvalue weighted by Crippen LogP contribution is -2.06. The second kappa shape index (κ2) is 6.21. The highest BCUT2D eigenvalue weighted by atomic mass is 16.5. The predicted octanol–water partition coefficient (Wildman–Crippen LogP) is 5.94. The highest BCUT2D eigenvalue weighted by Gasteiger charge is 2.11. The molecule has 0 bridgehead atoms. The summed E-state index contributed by atoms with van der Waals surface area (Å²) in [7, 11) is 0. The van der Waals surface area contributed by atoms with Gasteiger partial charge in [0, 0.05) is 5.57 Å². The first-order chi connectivity index (χ1) is 12.2. The molecular weight excluding hydrogens is 308 g/mol. The van der Waals surface area contributed by atoms with E-state index in [4.69, 9.17) is 4.74 Å². The van der Waals surface area contributed by atoms with Gasteiger partial charge in [0.05, 0.1) is 6.61 Å². The molecule has 0 heterocycles. The van der Waals surface area contributed by atoms with E-state index in [-0.39, 0.29) is 5.97 Å². The monoisotopic (exact) mass is 328 g/mol. The fourth-order valence-electron chi connectivity index (χ4n) is 3.48. The van der Waals surface area contributed by atoms with E-state index in [1.807, 2.05) is 19.9 Å². The second-order valence-corrected chi connectivity index (χ2v) is 6.47. The van der Waals surface area contributed by atoms with E-state index >= 15 is 0 Å². The van der Waals surface area contributed by atoms with Gasteiger partial charge in [0.2, 0.25) is 0 Å². The average molecular weight is 328 g/mol. The number of carbonyl (C=O) groups is 1. The van der Waals surface area contributed by atoms with Crippen molar-refractivity contribution in [3.05, 3.63) is 65.7 Å². The summed E-state index contributed by atoms with van der Waals surface area (Å²) < 4.78 is 5.24. The summed E-state index contributed by atoms with van der Waals surface area (Å²) in [6, 6.07) is 19.3. The van der Waals surface area contributed by atoms with E-state index in [9.17, 15) is 4.79 Å². The van der Waals surface area contributed by atoms with Gasteiger partial charge in [-0.2, -0.15) is 0 Å². The first kappa shape index (κ1) is 15.6. The summed E-state index contributed by atoms with van der Waals surface area (Å²) in [5.41, 5.74) is 1.68. The van der Waals surface area contributed by atoms with Crippen LogP contribution in [0.1, 0.15) is 25.8 Å². The highest BCUT2D eigenvalue weighted by molar-refractivity contribution is 6.24. The predicted molar refractivity (Wildman–Crippen MR) is 105 cm³/mol. The van der Waals surface area contributed by atoms with E-state index in [0.717, 1.165) is 12.0 Å². The van der Waals surface area contributed by atoms with Crippen LogP contribution in [-0.4, -0.2) is 12.6 Å². The molecule has 4 aromatic carbocycles. The molecule has 124 valence electrons. The minimum absolute atomic E-state index is 0.243. The zero-order chi connectivity index (χ0) is 17.4. The SMILES string of the molecule is CCCOC(=O)C(C)=Cc1ccc2ccc3cccc4ccc1c2c34. The summed E-state index contributed by atoms with van der Waals surface area (Å²) >= 11 is 0. The molecule has 0 aromatic heterocycles. The van der Waals surface area contributed by atoms with Crippen LogP contribution in [0, 0.1) is 0 Å². The van der Waals surface area contributed by atoms with Crippen molar-refractivity contribution >= 4 is 44.4 Å². The molecule has 0 saturated carbocycles. The summed E-state index contributed by atoms with van der Waals surface area (Å²) in [5.74, 6) is -0.243. The van der Waals surface area contributed by atoms with Gasteiger partial charge in [0.25, 0.3) is 0 Å². The van der Waals surface area contributed by atoms with Crippen molar-refractivity contribution in [1.82, 2.24) is 0 Å². The Balaban J connectivity index is 1.92. The number of rotatable bonds is 4. The molecule has 0 unspecified atom stereocenters. The minimum atomic E-state index is -0.243. The second-order valence-electron chi connectivity index (χ2n) is 6.47. The smallest absolute Gasteiger partial charge is 0.333 e. The van der Waals surface area contributed by atoms with Crippen LogP contribution >= 0.6 is 0 Å². The zero-order valence-corrected chi connectivity index (χ0v) is 14.5. The van der Waals surface area contributed by atoms with E-state index in [1.54, 1.807) is 0 Å². The van der Waals surface area contributed by atoms with E-state index in [0.29, 0.717) is 12.2 Å². The normalized spacial score (nSPS) is 12.3. The van der Waals surface area contributed by atoms with Crippen molar-refractivity contribution < 1.29 is 9.53 Å². The number of ether oxygens (including phenoxy) is 1. The standard InChI is InChI=1S/C23H20O2/c1-3-13-25-23(24)15(2)14-19-10-9-18-8-7-16-5-4-6-17-11-12-20(19)22(18)21(16)17/h4-12,14H,3,13H2,1-2H3. The van der Waals surface area contributed by atoms with Gasteiger partial charge in [-0.3, -0.25) is 0 Å². The number of hydrogen-bond acceptors (Lipinski definition) is 2. The molecule has 0 saturated heterocycles. The molecule has 4 aromatic rings. The van der Waals surface area contributed by atoms with Crippen LogP contribution in [0.4, 0.5) is 0 Å². The zero-order valence-electron chi connectivity index (χ0n) is 14.5. The molecule has 0 N–H and O–H groups in total. The summed E-state index contributed by atoms with van der Waals surface area (Å²) in [4.78, 5) is 12.1. The molecule has 0 fully saturated rings. The Labute approximate surface area is 147 Å². The Kier molecular flexibility index (Phi) is 3.89. The molecule has 0 aliphatic rings. The molecule has 0 aliphatic heterocycles. The van der Waals surface area contributed by atoms with E-state index < -0.39 is 0 Å². The molecule has 0 aliphatic carbocycles. The van der Waals surface area contributed by atoms with Crippen LogP contribution in [-0.2, 0) is 9.53 Å². The van der Waals surface area contributed by atoms with Gasteiger partial charge in [0.1, 0.15) is 0 Å². The molecule has 25 heavy (non-hydrogen) atoms. The van der Waals surface area contributed by atoms with Crippen molar-refractivity contribution in [3.63, 3.8) is 0 Å². The van der Waals surface area contributed by atoms with Crippen LogP contribution in [0.3, 0.4) is 0 Å². The van der Waals surface area contributed by atoms with E-state index in [1.165, 1.54) is 32.3 Å². The average Bonchev–Trinajstić information content (AvgIpc) is 2.65. The minimum Gasteiger partial charge on any atom is -0.462 e. The van der Waals surface area contributed by atoms with Gasteiger partial charge in [-0.05, 0) is 57.3 Å². The molecule has 0 spiro atoms. The molecule has 0 radical (unpaired) electrons. The van der Waals surface area contributed by atoms with Crippen molar-refractivity contribution in [2.75, 3.05) is 6.61 Å². The highest BCUT2D eigenvalue weighted by Crippen LogP contribution is 2.36. The van der Waals surface area contributed by atoms with Gasteiger partial charge < -0.3 is 4.74 Å². The van der Waals surface area contributed by atoms with Crippen molar-refractivity contribution in [2.45, 2.75) is 20.3 Å². The lowest BCUT2D eigenvalue weighted by Gasteiger charge is -2.12. The van der Waals surface area contributed by atoms with Crippen molar-refractivity contribution in [3.8, 4) is 0 Å². The first-order valence-electron chi connectivity index (χ1n) is 8.71. The Hall–Kier alpha value is -2.87. The fraction of sp³-hybridized carbons (Fsp3) is 0.174. The van der Waals surface area contributed by atoms with Crippen LogP contribution in [0.2, 0.25) is 0 Å². The Morgan fingerprint density at radius 3 is 2.28 bits per heavy atom. The lowest BCUT2D eigenvalue weighted by molar-refractivity contribution is -0.138. The summed E-state index contributed by atoms with van der Waals surface area (Å²) in [6.45, 7) is 4.27. The number of hydrogen-bond donors (Lipinski definition) is 0. The third-order valence-corrected chi connectivity index (χ3v) is 4.69. The topological polar surface area (TPSA) is 26.3 Å². The van der Waals surface area contributed by atoms with Gasteiger partial charge in [-0.1, -0.05) is 61.5 Å². The third kappa shape index (κ3) is 2.64. The summed E-state index contributed by atoms with van der Waals surface area (Å²) in [6.07, 6.45) is 2.77. The Morgan fingerprint density at radius 2 is 1.56 bits per heavy atom. The van der Waals surface area contributed by atoms with Crippen molar-refractivity contribution in [1.29, 1.82) is 0 Å². The quantitative estimate of drug-likeness (QED) is 0.263. The van der Waals surface area contributed by atoms with Gasteiger partial charge >= 0.3 is 5.97 Å². The number of carbonyl (C=O) groups excluding carboxylic acids is 1. The Bertz CT molecular complexity index is 1090. The molecule has 0 amide bonds. The number of esters is 1. The number of benzene rings is 4. The maximum atomic E-state index is 12.1. The molecule has 2 nitrogen and oxygen atoms in total. The maximum Gasteiger partial charge on any atom is 0.333 e. The van der Waals surface area contributed by atoms with Gasteiger partial charge in [-0.15, -0.1) is 0 Å². The largest absolute Gasteiger partial charge is 0.462 e. The van der Waals surface area contributed by atoms with Crippen molar-refractivity contribution in [2.24, 2.45) is 0 Å². The molecular formula is C23H20O2. The third-order valence-electron chi connectivity index (χ3n) is 4.69. The van der Waals surface area contributed by atoms with Gasteiger partial charge in [0.15, 0.2) is 0 Å². The van der Waals surface area contributed by atoms with E-state index in [2.05, 4.69) is 54.6 Å². The summed E-state index contributed by atoms with van der Waals surface area (Å²) in [5, 5.41) is 7.44. The Morgan fingerprint density at radius 1 is 0.920 bits per heavy atom. The fourth-order valence-corrected chi connectivity index (χ4v) is 3.48. The molecule has 2 heteroatoms. The molecule has 0 atom stereocenters. The lowest BCUT2D eigenvalue weighted by atomic mass is 9.91. The van der Waals surface area contributed by atoms with Crippen LogP contribution in [0.25, 0.3) is 38.4 Å². The van der Waals surface area contributed by atoms with Crippen LogP contribution in [0.5, 0.6) is 0 Å². The van der Waals surface area contributed by atoms with Crippen LogP contribution < -0.4 is 0 Å². The van der Waals surface area contributed by atoms with Gasteiger partial charge in [-0.25, -0.2) is 4.79 Å².